The van der Waals surface area contributed by atoms with Gasteiger partial charge in [-0.15, -0.1) is 12.4 Å². The number of hydrogen-bond acceptors (Lipinski definition) is 3. The molecule has 0 aliphatic rings. The molecule has 0 aromatic carbocycles. The van der Waals surface area contributed by atoms with Crippen molar-refractivity contribution in [2.24, 2.45) is 5.73 Å². The fourth-order valence-electron chi connectivity index (χ4n) is 0.546. The summed E-state index contributed by atoms with van der Waals surface area (Å²) in [5.74, 6) is 0. The fourth-order valence-corrected chi connectivity index (χ4v) is 0.546. The van der Waals surface area contributed by atoms with E-state index in [4.69, 9.17) is 5.73 Å². The number of nitrogens with two attached hydrogens (primary N) is 1. The second-order valence-electron chi connectivity index (χ2n) is 1.96. The molecule has 1 rings (SSSR count). The van der Waals surface area contributed by atoms with Gasteiger partial charge in [-0.1, -0.05) is 0 Å². The molecular formula is C6H10ClN3. The van der Waals surface area contributed by atoms with Crippen LogP contribution in [0.25, 0.3) is 0 Å². The molecule has 0 radical (unpaired) electrons. The van der Waals surface area contributed by atoms with Gasteiger partial charge < -0.3 is 5.73 Å². The van der Waals surface area contributed by atoms with E-state index in [1.165, 1.54) is 6.33 Å². The van der Waals surface area contributed by atoms with E-state index < -0.39 is 0 Å². The lowest BCUT2D eigenvalue weighted by molar-refractivity contribution is 0.802. The van der Waals surface area contributed by atoms with Crippen LogP contribution in [-0.4, -0.2) is 9.97 Å². The largest absolute Gasteiger partial charge is 0.324 e. The van der Waals surface area contributed by atoms with Crippen molar-refractivity contribution in [3.63, 3.8) is 0 Å². The first-order valence-electron chi connectivity index (χ1n) is 2.81. The monoisotopic (exact) mass is 159 g/mol. The highest BCUT2D eigenvalue weighted by Gasteiger charge is 1.95. The van der Waals surface area contributed by atoms with Crippen LogP contribution in [0.5, 0.6) is 0 Å². The molecule has 1 aromatic rings. The molecule has 3 nitrogen and oxygen atoms in total. The van der Waals surface area contributed by atoms with E-state index in [1.807, 2.05) is 6.92 Å². The van der Waals surface area contributed by atoms with Gasteiger partial charge in [0.05, 0.1) is 0 Å². The van der Waals surface area contributed by atoms with Gasteiger partial charge in [0.2, 0.25) is 0 Å². The summed E-state index contributed by atoms with van der Waals surface area (Å²) in [6.45, 7) is 1.90. The Morgan fingerprint density at radius 2 is 1.90 bits per heavy atom. The quantitative estimate of drug-likeness (QED) is 0.663. The van der Waals surface area contributed by atoms with Crippen LogP contribution in [0.15, 0.2) is 18.7 Å². The number of rotatable bonds is 1. The molecule has 0 fully saturated rings. The van der Waals surface area contributed by atoms with E-state index in [1.54, 1.807) is 12.4 Å². The fraction of sp³-hybridized carbons (Fsp3) is 0.333. The Bertz CT molecular complexity index is 176. The van der Waals surface area contributed by atoms with Crippen LogP contribution in [-0.2, 0) is 0 Å². The molecule has 0 amide bonds. The summed E-state index contributed by atoms with van der Waals surface area (Å²) in [7, 11) is 0. The molecule has 1 heterocycles. The van der Waals surface area contributed by atoms with E-state index in [9.17, 15) is 0 Å². The second kappa shape index (κ2) is 4.19. The molecule has 0 saturated heterocycles. The average Bonchev–Trinajstić information content (AvgIpc) is 1.90. The molecule has 1 aromatic heterocycles. The third-order valence-electron chi connectivity index (χ3n) is 1.11. The number of aromatic nitrogens is 2. The maximum absolute atomic E-state index is 5.53. The van der Waals surface area contributed by atoms with Crippen LogP contribution in [0.3, 0.4) is 0 Å². The highest BCUT2D eigenvalue weighted by atomic mass is 35.5. The summed E-state index contributed by atoms with van der Waals surface area (Å²) >= 11 is 0. The van der Waals surface area contributed by atoms with Gasteiger partial charge in [0.25, 0.3) is 0 Å². The minimum Gasteiger partial charge on any atom is -0.324 e. The minimum atomic E-state index is 0. The predicted molar refractivity (Wildman–Crippen MR) is 41.9 cm³/mol. The number of hydrogen-bond donors (Lipinski definition) is 1. The third-order valence-corrected chi connectivity index (χ3v) is 1.11. The van der Waals surface area contributed by atoms with Crippen molar-refractivity contribution in [2.75, 3.05) is 0 Å². The molecule has 10 heavy (non-hydrogen) atoms. The summed E-state index contributed by atoms with van der Waals surface area (Å²) in [4.78, 5) is 7.63. The summed E-state index contributed by atoms with van der Waals surface area (Å²) in [5, 5.41) is 0. The van der Waals surface area contributed by atoms with E-state index in [0.29, 0.717) is 0 Å². The average molecular weight is 160 g/mol. The molecule has 1 atom stereocenters. The molecule has 0 bridgehead atoms. The Morgan fingerprint density at radius 3 is 2.20 bits per heavy atom. The zero-order valence-corrected chi connectivity index (χ0v) is 6.51. The van der Waals surface area contributed by atoms with E-state index in [-0.39, 0.29) is 18.4 Å². The topological polar surface area (TPSA) is 51.8 Å². The van der Waals surface area contributed by atoms with E-state index in [2.05, 4.69) is 9.97 Å². The Hall–Kier alpha value is -0.670. The van der Waals surface area contributed by atoms with Crippen molar-refractivity contribution in [1.29, 1.82) is 0 Å². The SMILES string of the molecule is C[C@H](N)c1cncnc1.Cl. The molecule has 0 unspecified atom stereocenters. The lowest BCUT2D eigenvalue weighted by atomic mass is 10.2. The summed E-state index contributed by atoms with van der Waals surface area (Å²) < 4.78 is 0. The Kier molecular flexibility index (Phi) is 3.91. The number of nitrogens with zero attached hydrogens (tertiary/aromatic N) is 2. The second-order valence-corrected chi connectivity index (χ2v) is 1.96. The zero-order chi connectivity index (χ0) is 6.69. The molecular weight excluding hydrogens is 150 g/mol. The first kappa shape index (κ1) is 9.33. The van der Waals surface area contributed by atoms with Crippen molar-refractivity contribution in [1.82, 2.24) is 9.97 Å². The van der Waals surface area contributed by atoms with Crippen molar-refractivity contribution in [3.05, 3.63) is 24.3 Å². The van der Waals surface area contributed by atoms with Crippen molar-refractivity contribution in [3.8, 4) is 0 Å². The molecule has 0 aliphatic heterocycles. The Labute approximate surface area is 66.1 Å². The standard InChI is InChI=1S/C6H9N3.ClH/c1-5(7)6-2-8-4-9-3-6;/h2-5H,7H2,1H3;1H/t5-;/m0./s1. The Balaban J connectivity index is 0.000000810. The minimum absolute atomic E-state index is 0. The summed E-state index contributed by atoms with van der Waals surface area (Å²) in [6.07, 6.45) is 4.93. The van der Waals surface area contributed by atoms with Gasteiger partial charge in [0, 0.05) is 24.0 Å². The van der Waals surface area contributed by atoms with Gasteiger partial charge in [0.15, 0.2) is 0 Å². The van der Waals surface area contributed by atoms with Crippen LogP contribution in [0.4, 0.5) is 0 Å². The molecule has 4 heteroatoms. The lowest BCUT2D eigenvalue weighted by Gasteiger charge is -2.00. The first-order chi connectivity index (χ1) is 4.30. The van der Waals surface area contributed by atoms with E-state index >= 15 is 0 Å². The summed E-state index contributed by atoms with van der Waals surface area (Å²) in [6, 6.07) is 0.0335. The zero-order valence-electron chi connectivity index (χ0n) is 5.69. The predicted octanol–water partition coefficient (Wildman–Crippen LogP) is 0.918. The van der Waals surface area contributed by atoms with E-state index in [0.717, 1.165) is 5.56 Å². The molecule has 0 saturated carbocycles. The van der Waals surface area contributed by atoms with Gasteiger partial charge in [-0.2, -0.15) is 0 Å². The highest BCUT2D eigenvalue weighted by molar-refractivity contribution is 5.85. The van der Waals surface area contributed by atoms with Crippen LogP contribution in [0.2, 0.25) is 0 Å². The lowest BCUT2D eigenvalue weighted by Crippen LogP contribution is -2.05. The highest BCUT2D eigenvalue weighted by Crippen LogP contribution is 2.02. The molecule has 0 aliphatic carbocycles. The first-order valence-corrected chi connectivity index (χ1v) is 2.81. The smallest absolute Gasteiger partial charge is 0.115 e. The van der Waals surface area contributed by atoms with Crippen molar-refractivity contribution < 1.29 is 0 Å². The van der Waals surface area contributed by atoms with Crippen LogP contribution >= 0.6 is 12.4 Å². The normalized spacial score (nSPS) is 11.8. The molecule has 2 N–H and O–H groups in total. The van der Waals surface area contributed by atoms with Gasteiger partial charge in [-0.3, -0.25) is 0 Å². The van der Waals surface area contributed by atoms with Gasteiger partial charge in [-0.25, -0.2) is 9.97 Å². The van der Waals surface area contributed by atoms with Crippen molar-refractivity contribution in [2.45, 2.75) is 13.0 Å². The van der Waals surface area contributed by atoms with Gasteiger partial charge in [0.1, 0.15) is 6.33 Å². The van der Waals surface area contributed by atoms with Crippen LogP contribution in [0, 0.1) is 0 Å². The number of halogens is 1. The maximum atomic E-state index is 5.53. The van der Waals surface area contributed by atoms with Gasteiger partial charge in [-0.05, 0) is 6.92 Å². The van der Waals surface area contributed by atoms with Crippen LogP contribution in [0.1, 0.15) is 18.5 Å². The Morgan fingerprint density at radius 1 is 1.40 bits per heavy atom. The van der Waals surface area contributed by atoms with Crippen LogP contribution < -0.4 is 5.73 Å². The third kappa shape index (κ3) is 2.29. The molecule has 56 valence electrons. The van der Waals surface area contributed by atoms with Gasteiger partial charge >= 0.3 is 0 Å². The maximum Gasteiger partial charge on any atom is 0.115 e. The molecule has 0 spiro atoms. The van der Waals surface area contributed by atoms with Crippen molar-refractivity contribution >= 4 is 12.4 Å². The summed E-state index contributed by atoms with van der Waals surface area (Å²) in [5.41, 5.74) is 6.50.